The van der Waals surface area contributed by atoms with Gasteiger partial charge >= 0.3 is 0 Å². The highest BCUT2D eigenvalue weighted by Gasteiger charge is 2.40. The minimum Gasteiger partial charge on any atom is -0.496 e. The van der Waals surface area contributed by atoms with E-state index in [9.17, 15) is 5.11 Å². The first-order chi connectivity index (χ1) is 15.5. The number of aliphatic hydroxyl groups excluding tert-OH is 1. The topological polar surface area (TPSA) is 121 Å². The molecular weight excluding hydrogens is 426 g/mol. The van der Waals surface area contributed by atoms with Crippen molar-refractivity contribution in [2.45, 2.75) is 64.3 Å². The van der Waals surface area contributed by atoms with Crippen molar-refractivity contribution in [3.8, 4) is 5.75 Å². The first-order valence-electron chi connectivity index (χ1n) is 11.0. The number of methoxy groups -OCH3 is 1. The number of amidine groups is 1. The third-order valence-corrected chi connectivity index (χ3v) is 7.44. The molecule has 10 heteroatoms. The van der Waals surface area contributed by atoms with E-state index in [1.807, 2.05) is 20.0 Å². The van der Waals surface area contributed by atoms with Gasteiger partial charge in [0.15, 0.2) is 5.84 Å². The van der Waals surface area contributed by atoms with Crippen LogP contribution in [0.4, 0.5) is 0 Å². The average molecular weight is 456 g/mol. The predicted octanol–water partition coefficient (Wildman–Crippen LogP) is 1.83. The fourth-order valence-electron chi connectivity index (χ4n) is 5.04. The Kier molecular flexibility index (Phi) is 5.68. The Morgan fingerprint density at radius 2 is 2.16 bits per heavy atom. The number of pyridine rings is 1. The van der Waals surface area contributed by atoms with E-state index < -0.39 is 0 Å². The minimum atomic E-state index is -0.292. The van der Waals surface area contributed by atoms with Gasteiger partial charge in [0.05, 0.1) is 24.6 Å². The van der Waals surface area contributed by atoms with Crippen LogP contribution in [0.1, 0.15) is 42.5 Å². The summed E-state index contributed by atoms with van der Waals surface area (Å²) in [6.07, 6.45) is 5.17. The number of aromatic nitrogens is 1. The van der Waals surface area contributed by atoms with Gasteiger partial charge in [-0.3, -0.25) is 4.98 Å². The number of hydrogen-bond acceptors (Lipinski definition) is 10. The maximum Gasteiger partial charge on any atom is 0.160 e. The Bertz CT molecular complexity index is 1060. The van der Waals surface area contributed by atoms with E-state index in [-0.39, 0.29) is 18.2 Å². The zero-order valence-corrected chi connectivity index (χ0v) is 19.4. The molecule has 4 aliphatic rings. The first-order valence-corrected chi connectivity index (χ1v) is 12.0. The molecule has 3 atom stereocenters. The summed E-state index contributed by atoms with van der Waals surface area (Å²) in [5.41, 5.74) is 13.0. The van der Waals surface area contributed by atoms with Gasteiger partial charge in [0.2, 0.25) is 0 Å². The molecule has 32 heavy (non-hydrogen) atoms. The zero-order chi connectivity index (χ0) is 22.4. The van der Waals surface area contributed by atoms with Crippen molar-refractivity contribution < 1.29 is 9.84 Å². The summed E-state index contributed by atoms with van der Waals surface area (Å²) in [5, 5.41) is 25.3. The van der Waals surface area contributed by atoms with Crippen LogP contribution in [0.5, 0.6) is 5.75 Å². The molecule has 0 saturated heterocycles. The molecule has 1 aromatic heterocycles. The standard InChI is InChI=1S/C22H29N7O2S/c1-11-8-24-17(12(2)21(11)31-3)9-29-26-16-7-15(25-14-5-4-6-18(14)30)13-10-32-28-22(23)20(27-29)19(13)16/h8,14-15,18,25,30H,4-7,9-10H2,1-3H3,(H2,23,28)/t14-,15?,18-/m1/s1. The summed E-state index contributed by atoms with van der Waals surface area (Å²) in [6, 6.07) is 0.225. The molecule has 1 aromatic rings. The second-order valence-corrected chi connectivity index (χ2v) is 9.48. The highest BCUT2D eigenvalue weighted by Crippen LogP contribution is 2.35. The summed E-state index contributed by atoms with van der Waals surface area (Å²) in [6.45, 7) is 4.40. The summed E-state index contributed by atoms with van der Waals surface area (Å²) in [4.78, 5) is 4.60. The minimum absolute atomic E-state index is 0.111. The maximum atomic E-state index is 10.3. The van der Waals surface area contributed by atoms with Crippen molar-refractivity contribution in [1.29, 1.82) is 0 Å². The van der Waals surface area contributed by atoms with Crippen LogP contribution >= 0.6 is 11.9 Å². The van der Waals surface area contributed by atoms with E-state index in [1.54, 1.807) is 12.2 Å². The Labute approximate surface area is 192 Å². The molecule has 9 nitrogen and oxygen atoms in total. The smallest absolute Gasteiger partial charge is 0.160 e. The monoisotopic (exact) mass is 455 g/mol. The predicted molar refractivity (Wildman–Crippen MR) is 127 cm³/mol. The molecule has 2 aliphatic carbocycles. The van der Waals surface area contributed by atoms with Gasteiger partial charge in [-0.05, 0) is 50.6 Å². The lowest BCUT2D eigenvalue weighted by molar-refractivity contribution is 0.145. The van der Waals surface area contributed by atoms with Crippen molar-refractivity contribution in [2.75, 3.05) is 12.9 Å². The van der Waals surface area contributed by atoms with E-state index >= 15 is 0 Å². The van der Waals surface area contributed by atoms with Gasteiger partial charge in [0, 0.05) is 47.2 Å². The van der Waals surface area contributed by atoms with E-state index in [1.165, 1.54) is 17.5 Å². The average Bonchev–Trinajstić information content (AvgIpc) is 3.27. The first kappa shape index (κ1) is 21.4. The molecule has 1 saturated carbocycles. The number of nitrogens with one attached hydrogen (secondary N) is 1. The van der Waals surface area contributed by atoms with Crippen LogP contribution in [0.25, 0.3) is 0 Å². The summed E-state index contributed by atoms with van der Waals surface area (Å²) >= 11 is 1.45. The van der Waals surface area contributed by atoms with Crippen LogP contribution in [0.3, 0.4) is 0 Å². The fourth-order valence-corrected chi connectivity index (χ4v) is 5.81. The van der Waals surface area contributed by atoms with Crippen molar-refractivity contribution in [3.05, 3.63) is 34.2 Å². The lowest BCUT2D eigenvalue weighted by atomic mass is 10.0. The van der Waals surface area contributed by atoms with Gasteiger partial charge in [-0.1, -0.05) is 0 Å². The lowest BCUT2D eigenvalue weighted by Crippen LogP contribution is -2.43. The summed E-state index contributed by atoms with van der Waals surface area (Å²) in [5.74, 6) is 2.00. The number of nitrogens with zero attached hydrogens (tertiary/aromatic N) is 5. The third kappa shape index (κ3) is 3.70. The number of nitrogens with two attached hydrogens (primary N) is 1. The van der Waals surface area contributed by atoms with Gasteiger partial charge < -0.3 is 20.9 Å². The van der Waals surface area contributed by atoms with Crippen LogP contribution in [0, 0.1) is 13.8 Å². The molecule has 1 fully saturated rings. The van der Waals surface area contributed by atoms with Crippen LogP contribution in [0.15, 0.2) is 31.9 Å². The highest BCUT2D eigenvalue weighted by molar-refractivity contribution is 7.98. The van der Waals surface area contributed by atoms with Gasteiger partial charge in [-0.25, -0.2) is 0 Å². The van der Waals surface area contributed by atoms with Gasteiger partial charge in [0.25, 0.3) is 0 Å². The Balaban J connectivity index is 1.46. The molecule has 1 unspecified atom stereocenters. The number of hydrogen-bond donors (Lipinski definition) is 3. The lowest BCUT2D eigenvalue weighted by Gasteiger charge is -2.23. The molecule has 170 valence electrons. The molecule has 0 amide bonds. The van der Waals surface area contributed by atoms with E-state index in [2.05, 4.69) is 14.7 Å². The zero-order valence-electron chi connectivity index (χ0n) is 18.6. The molecule has 0 bridgehead atoms. The van der Waals surface area contributed by atoms with Crippen molar-refractivity contribution in [3.63, 3.8) is 0 Å². The maximum absolute atomic E-state index is 10.3. The quantitative estimate of drug-likeness (QED) is 0.579. The second-order valence-electron chi connectivity index (χ2n) is 8.75. The van der Waals surface area contributed by atoms with Crippen molar-refractivity contribution >= 4 is 29.2 Å². The van der Waals surface area contributed by atoms with Gasteiger partial charge in [0.1, 0.15) is 18.0 Å². The molecular formula is C22H29N7O2S. The highest BCUT2D eigenvalue weighted by atomic mass is 32.2. The van der Waals surface area contributed by atoms with E-state index in [0.29, 0.717) is 18.1 Å². The molecule has 0 aromatic carbocycles. The SMILES string of the molecule is COc1c(C)cnc(CN2N=C3CC(N[C@@H]4CCC[C@H]4O)C4=C3C(=N2)C(N)=NSC4)c1C. The number of hydrazone groups is 2. The largest absolute Gasteiger partial charge is 0.496 e. The molecule has 0 spiro atoms. The number of aryl methyl sites for hydroxylation is 1. The van der Waals surface area contributed by atoms with Crippen molar-refractivity contribution in [2.24, 2.45) is 20.3 Å². The molecule has 3 heterocycles. The fraction of sp³-hybridized carbons (Fsp3) is 0.545. The van der Waals surface area contributed by atoms with Crippen LogP contribution in [-0.4, -0.2) is 63.5 Å². The number of ether oxygens (including phenoxy) is 1. The molecule has 5 rings (SSSR count). The second kappa shape index (κ2) is 8.49. The summed E-state index contributed by atoms with van der Waals surface area (Å²) < 4.78 is 10.0. The van der Waals surface area contributed by atoms with E-state index in [4.69, 9.17) is 20.7 Å². The van der Waals surface area contributed by atoms with E-state index in [0.717, 1.165) is 65.3 Å². The van der Waals surface area contributed by atoms with Crippen LogP contribution in [-0.2, 0) is 6.54 Å². The Morgan fingerprint density at radius 3 is 2.91 bits per heavy atom. The Hall–Kier alpha value is -2.43. The molecule has 0 radical (unpaired) electrons. The number of aliphatic hydroxyl groups is 1. The summed E-state index contributed by atoms with van der Waals surface area (Å²) in [7, 11) is 1.67. The Morgan fingerprint density at radius 1 is 1.31 bits per heavy atom. The molecule has 2 aliphatic heterocycles. The number of rotatable bonds is 5. The van der Waals surface area contributed by atoms with Crippen molar-refractivity contribution in [1.82, 2.24) is 15.4 Å². The van der Waals surface area contributed by atoms with Gasteiger partial charge in [-0.15, -0.1) is 0 Å². The van der Waals surface area contributed by atoms with Gasteiger partial charge in [-0.2, -0.15) is 19.7 Å². The van der Waals surface area contributed by atoms with Crippen LogP contribution in [0.2, 0.25) is 0 Å². The normalized spacial score (nSPS) is 27.1. The van der Waals surface area contributed by atoms with Crippen LogP contribution < -0.4 is 15.8 Å². The molecule has 4 N–H and O–H groups in total. The third-order valence-electron chi connectivity index (χ3n) is 6.68.